The van der Waals surface area contributed by atoms with Gasteiger partial charge in [-0.2, -0.15) is 11.8 Å². The summed E-state index contributed by atoms with van der Waals surface area (Å²) < 4.78 is 0. The lowest BCUT2D eigenvalue weighted by Crippen LogP contribution is -2.37. The summed E-state index contributed by atoms with van der Waals surface area (Å²) in [7, 11) is 0. The Kier molecular flexibility index (Phi) is 6.21. The highest BCUT2D eigenvalue weighted by molar-refractivity contribution is 8.13. The van der Waals surface area contributed by atoms with Crippen LogP contribution in [0, 0.1) is 5.41 Å². The molecule has 0 radical (unpaired) electrons. The predicted molar refractivity (Wildman–Crippen MR) is 83.3 cm³/mol. The summed E-state index contributed by atoms with van der Waals surface area (Å²) in [6.45, 7) is 9.10. The van der Waals surface area contributed by atoms with Crippen molar-refractivity contribution in [2.75, 3.05) is 17.8 Å². The normalized spacial score (nSPS) is 23.1. The molecule has 2 unspecified atom stereocenters. The van der Waals surface area contributed by atoms with Gasteiger partial charge in [0.1, 0.15) is 0 Å². The molecule has 0 aliphatic carbocycles. The number of hydrogen-bond donors (Lipinski definition) is 1. The van der Waals surface area contributed by atoms with E-state index in [2.05, 4.69) is 39.3 Å². The number of amidine groups is 1. The minimum absolute atomic E-state index is 0.288. The van der Waals surface area contributed by atoms with E-state index in [0.29, 0.717) is 12.1 Å². The van der Waals surface area contributed by atoms with Gasteiger partial charge in [-0.3, -0.25) is 4.99 Å². The number of nitrogens with zero attached hydrogens (tertiary/aromatic N) is 1. The molecule has 1 rings (SSSR count). The van der Waals surface area contributed by atoms with Crippen LogP contribution in [-0.2, 0) is 0 Å². The van der Waals surface area contributed by atoms with Crippen LogP contribution in [0.2, 0.25) is 0 Å². The average Bonchev–Trinajstić information content (AvgIpc) is 2.25. The van der Waals surface area contributed by atoms with Crippen molar-refractivity contribution in [1.82, 2.24) is 5.32 Å². The summed E-state index contributed by atoms with van der Waals surface area (Å²) in [6, 6.07) is 1.01. The number of hydrogen-bond acceptors (Lipinski definition) is 4. The maximum atomic E-state index is 4.86. The molecule has 1 aliphatic rings. The molecule has 0 amide bonds. The van der Waals surface area contributed by atoms with Gasteiger partial charge in [-0.25, -0.2) is 0 Å². The Labute approximate surface area is 115 Å². The van der Waals surface area contributed by atoms with E-state index in [1.54, 1.807) is 0 Å². The van der Waals surface area contributed by atoms with Gasteiger partial charge in [0, 0.05) is 11.8 Å². The van der Waals surface area contributed by atoms with E-state index in [1.165, 1.54) is 24.3 Å². The topological polar surface area (TPSA) is 24.4 Å². The minimum Gasteiger partial charge on any atom is -0.362 e. The van der Waals surface area contributed by atoms with Crippen molar-refractivity contribution in [1.29, 1.82) is 0 Å². The molecule has 0 bridgehead atoms. The molecule has 0 aromatic rings. The van der Waals surface area contributed by atoms with Crippen molar-refractivity contribution in [2.24, 2.45) is 10.4 Å². The average molecular weight is 274 g/mol. The molecule has 0 fully saturated rings. The van der Waals surface area contributed by atoms with Crippen LogP contribution in [0.5, 0.6) is 0 Å². The van der Waals surface area contributed by atoms with Gasteiger partial charge in [0.05, 0.1) is 6.04 Å². The smallest absolute Gasteiger partial charge is 0.157 e. The van der Waals surface area contributed by atoms with Crippen LogP contribution < -0.4 is 5.32 Å². The third-order valence-corrected chi connectivity index (χ3v) is 4.61. The van der Waals surface area contributed by atoms with Crippen LogP contribution in [0.15, 0.2) is 4.99 Å². The molecular weight excluding hydrogens is 248 g/mol. The van der Waals surface area contributed by atoms with E-state index < -0.39 is 0 Å². The molecule has 1 heterocycles. The van der Waals surface area contributed by atoms with Gasteiger partial charge in [-0.05, 0) is 37.2 Å². The largest absolute Gasteiger partial charge is 0.362 e. The van der Waals surface area contributed by atoms with E-state index in [-0.39, 0.29) is 5.41 Å². The van der Waals surface area contributed by atoms with Crippen molar-refractivity contribution in [3.8, 4) is 0 Å². The van der Waals surface area contributed by atoms with Gasteiger partial charge in [-0.1, -0.05) is 32.5 Å². The zero-order valence-electron chi connectivity index (χ0n) is 11.7. The molecule has 2 atom stereocenters. The third kappa shape index (κ3) is 5.56. The monoisotopic (exact) mass is 274 g/mol. The Morgan fingerprint density at radius 3 is 2.82 bits per heavy atom. The summed E-state index contributed by atoms with van der Waals surface area (Å²) in [5.41, 5.74) is 0.288. The first-order valence-corrected chi connectivity index (χ1v) is 8.77. The Morgan fingerprint density at radius 1 is 1.53 bits per heavy atom. The van der Waals surface area contributed by atoms with Crippen molar-refractivity contribution in [3.05, 3.63) is 0 Å². The predicted octanol–water partition coefficient (Wildman–Crippen LogP) is 3.63. The SMILES string of the molecule is CSCCC(C)NC1=NC(C(C)(C)C)CCS1. The maximum absolute atomic E-state index is 4.86. The minimum atomic E-state index is 0.288. The molecule has 4 heteroatoms. The summed E-state index contributed by atoms with van der Waals surface area (Å²) in [4.78, 5) is 4.86. The second-order valence-electron chi connectivity index (χ2n) is 5.78. The second-order valence-corrected chi connectivity index (χ2v) is 7.85. The Morgan fingerprint density at radius 2 is 2.24 bits per heavy atom. The number of aliphatic imine (C=N–C) groups is 1. The number of nitrogens with one attached hydrogen (secondary N) is 1. The first kappa shape index (κ1) is 15.2. The zero-order valence-corrected chi connectivity index (χ0v) is 13.4. The van der Waals surface area contributed by atoms with Crippen molar-refractivity contribution >= 4 is 28.7 Å². The summed E-state index contributed by atoms with van der Waals surface area (Å²) >= 11 is 3.79. The molecule has 100 valence electrons. The van der Waals surface area contributed by atoms with Gasteiger partial charge < -0.3 is 5.32 Å². The fourth-order valence-electron chi connectivity index (χ4n) is 1.79. The molecule has 0 saturated heterocycles. The summed E-state index contributed by atoms with van der Waals surface area (Å²) in [6.07, 6.45) is 4.58. The third-order valence-electron chi connectivity index (χ3n) is 3.03. The molecule has 0 saturated carbocycles. The van der Waals surface area contributed by atoms with E-state index in [9.17, 15) is 0 Å². The van der Waals surface area contributed by atoms with Gasteiger partial charge in [-0.15, -0.1) is 0 Å². The molecule has 0 aromatic heterocycles. The van der Waals surface area contributed by atoms with E-state index in [0.717, 1.165) is 5.17 Å². The molecule has 1 N–H and O–H groups in total. The number of rotatable bonds is 4. The summed E-state index contributed by atoms with van der Waals surface area (Å²) in [5, 5.41) is 4.71. The van der Waals surface area contributed by atoms with E-state index in [1.807, 2.05) is 23.5 Å². The molecule has 2 nitrogen and oxygen atoms in total. The highest BCUT2D eigenvalue weighted by Crippen LogP contribution is 2.30. The van der Waals surface area contributed by atoms with E-state index >= 15 is 0 Å². The quantitative estimate of drug-likeness (QED) is 0.847. The summed E-state index contributed by atoms with van der Waals surface area (Å²) in [5.74, 6) is 2.41. The molecule has 17 heavy (non-hydrogen) atoms. The van der Waals surface area contributed by atoms with Crippen molar-refractivity contribution < 1.29 is 0 Å². The lowest BCUT2D eigenvalue weighted by atomic mass is 9.85. The van der Waals surface area contributed by atoms with Crippen LogP contribution in [0.4, 0.5) is 0 Å². The Balaban J connectivity index is 2.50. The highest BCUT2D eigenvalue weighted by atomic mass is 32.2. The van der Waals surface area contributed by atoms with Gasteiger partial charge in [0.25, 0.3) is 0 Å². The maximum Gasteiger partial charge on any atom is 0.157 e. The molecular formula is C13H26N2S2. The lowest BCUT2D eigenvalue weighted by molar-refractivity contribution is 0.315. The Hall–Kier alpha value is 0.170. The number of thioether (sulfide) groups is 2. The Bertz CT molecular complexity index is 259. The molecule has 0 aromatic carbocycles. The van der Waals surface area contributed by atoms with Crippen LogP contribution in [0.1, 0.15) is 40.5 Å². The van der Waals surface area contributed by atoms with Crippen molar-refractivity contribution in [3.63, 3.8) is 0 Å². The standard InChI is InChI=1S/C13H26N2S2/c1-10(6-8-16-5)14-12-15-11(7-9-17-12)13(2,3)4/h10-11H,6-9H2,1-5H3,(H,14,15). The molecule has 0 spiro atoms. The van der Waals surface area contributed by atoms with Crippen LogP contribution >= 0.6 is 23.5 Å². The lowest BCUT2D eigenvalue weighted by Gasteiger charge is -2.31. The zero-order chi connectivity index (χ0) is 12.9. The van der Waals surface area contributed by atoms with Crippen LogP contribution in [-0.4, -0.2) is 35.0 Å². The van der Waals surface area contributed by atoms with Crippen LogP contribution in [0.3, 0.4) is 0 Å². The highest BCUT2D eigenvalue weighted by Gasteiger charge is 2.27. The van der Waals surface area contributed by atoms with E-state index in [4.69, 9.17) is 4.99 Å². The van der Waals surface area contributed by atoms with Gasteiger partial charge in [0.2, 0.25) is 0 Å². The fraction of sp³-hybridized carbons (Fsp3) is 0.923. The fourth-order valence-corrected chi connectivity index (χ4v) is 3.40. The first-order valence-electron chi connectivity index (χ1n) is 6.39. The molecule has 1 aliphatic heterocycles. The van der Waals surface area contributed by atoms with Gasteiger partial charge in [0.15, 0.2) is 5.17 Å². The second kappa shape index (κ2) is 6.93. The van der Waals surface area contributed by atoms with Crippen LogP contribution in [0.25, 0.3) is 0 Å². The van der Waals surface area contributed by atoms with Gasteiger partial charge >= 0.3 is 0 Å². The first-order chi connectivity index (χ1) is 7.93. The van der Waals surface area contributed by atoms with Crippen molar-refractivity contribution in [2.45, 2.75) is 52.6 Å².